The van der Waals surface area contributed by atoms with Gasteiger partial charge in [0.1, 0.15) is 17.4 Å². The summed E-state index contributed by atoms with van der Waals surface area (Å²) in [6.45, 7) is 7.67. The molecule has 7 heteroatoms. The molecule has 1 N–H and O–H groups in total. The zero-order valence-electron chi connectivity index (χ0n) is 25.7. The summed E-state index contributed by atoms with van der Waals surface area (Å²) in [6.07, 6.45) is 6.33. The molecule has 0 bridgehead atoms. The molecule has 0 saturated heterocycles. The molecule has 1 aliphatic rings. The predicted molar refractivity (Wildman–Crippen MR) is 178 cm³/mol. The van der Waals surface area contributed by atoms with Gasteiger partial charge in [-0.2, -0.15) is 0 Å². The third-order valence-corrected chi connectivity index (χ3v) is 9.65. The molecule has 0 aliphatic heterocycles. The molecule has 3 aromatic carbocycles. The molecular weight excluding hydrogens is 568 g/mol. The van der Waals surface area contributed by atoms with Crippen LogP contribution in [0.5, 0.6) is 11.5 Å². The molecule has 2 aromatic heterocycles. The minimum atomic E-state index is -0.116. The number of nitrogens with one attached hydrogen (secondary N) is 1. The molecule has 6 rings (SSSR count). The van der Waals surface area contributed by atoms with E-state index in [-0.39, 0.29) is 11.3 Å². The molecule has 0 saturated carbocycles. The summed E-state index contributed by atoms with van der Waals surface area (Å²) >= 11 is 1.63. The van der Waals surface area contributed by atoms with E-state index in [4.69, 9.17) is 18.9 Å². The van der Waals surface area contributed by atoms with Crippen LogP contribution in [0.25, 0.3) is 10.8 Å². The largest absolute Gasteiger partial charge is 0.493 e. The van der Waals surface area contributed by atoms with Gasteiger partial charge in [-0.15, -0.1) is 11.3 Å². The molecule has 1 amide bonds. The van der Waals surface area contributed by atoms with E-state index in [1.807, 2.05) is 42.5 Å². The smallest absolute Gasteiger partial charge is 0.255 e. The van der Waals surface area contributed by atoms with E-state index in [1.54, 1.807) is 30.9 Å². The van der Waals surface area contributed by atoms with Crippen molar-refractivity contribution in [2.45, 2.75) is 53.2 Å². The maximum atomic E-state index is 13.5. The Kier molecular flexibility index (Phi) is 8.58. The van der Waals surface area contributed by atoms with Crippen LogP contribution in [-0.2, 0) is 26.0 Å². The standard InChI is InChI=1S/C37H38N2O4S/c1-37(2,3)27-15-16-30-33(20-27)44-36(34(30)35(40)38-22-28-12-8-18-42-28)39-21-24-14-17-31(32(19-24)41-4)43-23-26-11-7-10-25-9-5-6-13-29(25)26/h5-14,17-19,21,27H,15-16,20,22-23H2,1-4H3,(H,38,40)/t27-/m0/s1. The van der Waals surface area contributed by atoms with Gasteiger partial charge < -0.3 is 19.2 Å². The summed E-state index contributed by atoms with van der Waals surface area (Å²) in [5.41, 5.74) is 4.00. The molecule has 44 heavy (non-hydrogen) atoms. The Morgan fingerprint density at radius 2 is 1.91 bits per heavy atom. The van der Waals surface area contributed by atoms with Crippen molar-refractivity contribution < 1.29 is 18.7 Å². The fourth-order valence-electron chi connectivity index (χ4n) is 5.90. The summed E-state index contributed by atoms with van der Waals surface area (Å²) in [4.78, 5) is 19.7. The summed E-state index contributed by atoms with van der Waals surface area (Å²) < 4.78 is 17.3. The zero-order chi connectivity index (χ0) is 30.7. The average Bonchev–Trinajstić information content (AvgIpc) is 3.69. The van der Waals surface area contributed by atoms with E-state index in [0.717, 1.165) is 46.7 Å². The van der Waals surface area contributed by atoms with Crippen molar-refractivity contribution in [3.63, 3.8) is 0 Å². The van der Waals surface area contributed by atoms with Crippen LogP contribution in [0.2, 0.25) is 0 Å². The van der Waals surface area contributed by atoms with Gasteiger partial charge >= 0.3 is 0 Å². The Morgan fingerprint density at radius 1 is 1.07 bits per heavy atom. The summed E-state index contributed by atoms with van der Waals surface area (Å²) in [5, 5.41) is 6.14. The summed E-state index contributed by atoms with van der Waals surface area (Å²) in [7, 11) is 1.64. The molecule has 226 valence electrons. The number of benzene rings is 3. The lowest BCUT2D eigenvalue weighted by molar-refractivity contribution is 0.0947. The fourth-order valence-corrected chi connectivity index (χ4v) is 7.16. The maximum absolute atomic E-state index is 13.5. The van der Waals surface area contributed by atoms with Gasteiger partial charge in [-0.3, -0.25) is 4.79 Å². The van der Waals surface area contributed by atoms with Crippen molar-refractivity contribution in [1.82, 2.24) is 5.32 Å². The molecule has 2 heterocycles. The number of furan rings is 1. The number of nitrogens with zero attached hydrogens (tertiary/aromatic N) is 1. The zero-order valence-corrected chi connectivity index (χ0v) is 26.5. The molecule has 0 spiro atoms. The second-order valence-electron chi connectivity index (χ2n) is 12.3. The highest BCUT2D eigenvalue weighted by atomic mass is 32.1. The van der Waals surface area contributed by atoms with Gasteiger partial charge in [-0.25, -0.2) is 4.99 Å². The van der Waals surface area contributed by atoms with Crippen LogP contribution in [0.3, 0.4) is 0 Å². The lowest BCUT2D eigenvalue weighted by atomic mass is 9.72. The normalized spacial score (nSPS) is 15.0. The number of hydrogen-bond donors (Lipinski definition) is 1. The van der Waals surface area contributed by atoms with Crippen molar-refractivity contribution in [1.29, 1.82) is 0 Å². The van der Waals surface area contributed by atoms with Crippen molar-refractivity contribution >= 4 is 39.2 Å². The second kappa shape index (κ2) is 12.7. The Morgan fingerprint density at radius 3 is 2.70 bits per heavy atom. The second-order valence-corrected chi connectivity index (χ2v) is 13.4. The van der Waals surface area contributed by atoms with E-state index in [1.165, 1.54) is 15.6 Å². The van der Waals surface area contributed by atoms with Crippen molar-refractivity contribution in [3.8, 4) is 11.5 Å². The number of methoxy groups -OCH3 is 1. The molecular formula is C37H38N2O4S. The number of hydrogen-bond acceptors (Lipinski definition) is 6. The van der Waals surface area contributed by atoms with Gasteiger partial charge in [-0.05, 0) is 88.4 Å². The topological polar surface area (TPSA) is 73.1 Å². The number of amides is 1. The van der Waals surface area contributed by atoms with Crippen molar-refractivity contribution in [3.05, 3.63) is 112 Å². The number of ether oxygens (including phenoxy) is 2. The monoisotopic (exact) mass is 606 g/mol. The lowest BCUT2D eigenvalue weighted by Gasteiger charge is -2.33. The first kappa shape index (κ1) is 29.7. The summed E-state index contributed by atoms with van der Waals surface area (Å²) in [5.74, 6) is 2.46. The number of rotatable bonds is 9. The summed E-state index contributed by atoms with van der Waals surface area (Å²) in [6, 6.07) is 24.0. The van der Waals surface area contributed by atoms with E-state index >= 15 is 0 Å². The van der Waals surface area contributed by atoms with E-state index in [2.05, 4.69) is 56.4 Å². The van der Waals surface area contributed by atoms with Gasteiger partial charge in [0.2, 0.25) is 0 Å². The first-order valence-corrected chi connectivity index (χ1v) is 15.9. The maximum Gasteiger partial charge on any atom is 0.255 e. The average molecular weight is 607 g/mol. The minimum absolute atomic E-state index is 0.116. The van der Waals surface area contributed by atoms with Crippen LogP contribution in [0.4, 0.5) is 5.00 Å². The number of aliphatic imine (C=N–C) groups is 1. The predicted octanol–water partition coefficient (Wildman–Crippen LogP) is 8.91. The van der Waals surface area contributed by atoms with Gasteiger partial charge in [0, 0.05) is 11.1 Å². The molecule has 0 fully saturated rings. The Bertz CT molecular complexity index is 1790. The van der Waals surface area contributed by atoms with Gasteiger partial charge in [0.05, 0.1) is 25.5 Å². The van der Waals surface area contributed by atoms with Crippen LogP contribution < -0.4 is 14.8 Å². The first-order valence-electron chi connectivity index (χ1n) is 15.1. The fraction of sp³-hybridized carbons (Fsp3) is 0.297. The third kappa shape index (κ3) is 6.43. The Hall–Kier alpha value is -4.36. The molecule has 0 radical (unpaired) electrons. The van der Waals surface area contributed by atoms with Crippen molar-refractivity contribution in [2.24, 2.45) is 16.3 Å². The van der Waals surface area contributed by atoms with E-state index < -0.39 is 0 Å². The van der Waals surface area contributed by atoms with Gasteiger partial charge in [0.15, 0.2) is 11.5 Å². The minimum Gasteiger partial charge on any atom is -0.493 e. The van der Waals surface area contributed by atoms with E-state index in [9.17, 15) is 4.79 Å². The Balaban J connectivity index is 1.24. The molecule has 1 aliphatic carbocycles. The number of thiophene rings is 1. The third-order valence-electron chi connectivity index (χ3n) is 8.48. The van der Waals surface area contributed by atoms with Crippen LogP contribution in [0, 0.1) is 11.3 Å². The number of carbonyl (C=O) groups excluding carboxylic acids is 1. The number of carbonyl (C=O) groups is 1. The highest BCUT2D eigenvalue weighted by Crippen LogP contribution is 2.45. The van der Waals surface area contributed by atoms with Crippen LogP contribution in [-0.4, -0.2) is 19.2 Å². The highest BCUT2D eigenvalue weighted by Gasteiger charge is 2.33. The van der Waals surface area contributed by atoms with Crippen LogP contribution in [0.15, 0.2) is 88.5 Å². The molecule has 1 atom stereocenters. The lowest BCUT2D eigenvalue weighted by Crippen LogP contribution is -2.28. The highest BCUT2D eigenvalue weighted by molar-refractivity contribution is 7.16. The van der Waals surface area contributed by atoms with Crippen molar-refractivity contribution in [2.75, 3.05) is 7.11 Å². The number of fused-ring (bicyclic) bond motifs is 2. The van der Waals surface area contributed by atoms with Crippen LogP contribution in [0.1, 0.15) is 64.9 Å². The first-order chi connectivity index (χ1) is 21.3. The van der Waals surface area contributed by atoms with Crippen LogP contribution >= 0.6 is 11.3 Å². The molecule has 0 unspecified atom stereocenters. The van der Waals surface area contributed by atoms with Gasteiger partial charge in [-0.1, -0.05) is 63.2 Å². The Labute approximate surface area is 262 Å². The quantitative estimate of drug-likeness (QED) is 0.170. The van der Waals surface area contributed by atoms with Gasteiger partial charge in [0.25, 0.3) is 5.91 Å². The molecule has 5 aromatic rings. The van der Waals surface area contributed by atoms with E-state index in [0.29, 0.717) is 36.1 Å². The SMILES string of the molecule is COc1cc(C=Nc2sc3c(c2C(=O)NCc2ccco2)CC[C@H](C(C)(C)C)C3)ccc1OCc1cccc2ccccc12. The molecule has 6 nitrogen and oxygen atoms in total.